The average molecular weight is 260 g/mol. The van der Waals surface area contributed by atoms with E-state index >= 15 is 0 Å². The molecule has 1 aliphatic heterocycles. The van der Waals surface area contributed by atoms with Crippen molar-refractivity contribution >= 4 is 18.6 Å². The van der Waals surface area contributed by atoms with Gasteiger partial charge in [-0.05, 0) is 27.7 Å². The number of carbonyl (C=O) groups excluding carboxylic acids is 1. The van der Waals surface area contributed by atoms with Gasteiger partial charge in [0.05, 0.1) is 24.5 Å². The summed E-state index contributed by atoms with van der Waals surface area (Å²) < 4.78 is 5.55. The van der Waals surface area contributed by atoms with Crippen molar-refractivity contribution in [3.05, 3.63) is 0 Å². The maximum Gasteiger partial charge on any atom is 0.306 e. The summed E-state index contributed by atoms with van der Waals surface area (Å²) in [6.45, 7) is 8.96. The van der Waals surface area contributed by atoms with E-state index in [1.807, 2.05) is 0 Å². The highest BCUT2D eigenvalue weighted by atomic mass is 32.1. The van der Waals surface area contributed by atoms with E-state index < -0.39 is 0 Å². The van der Waals surface area contributed by atoms with Crippen molar-refractivity contribution in [2.45, 2.75) is 64.1 Å². The van der Waals surface area contributed by atoms with Crippen LogP contribution in [0.2, 0.25) is 0 Å². The lowest BCUT2D eigenvalue weighted by Crippen LogP contribution is -3.24. The van der Waals surface area contributed by atoms with Gasteiger partial charge in [0.15, 0.2) is 0 Å². The summed E-state index contributed by atoms with van der Waals surface area (Å²) in [5.74, 6) is 0.444. The van der Waals surface area contributed by atoms with Crippen LogP contribution >= 0.6 is 12.6 Å². The number of quaternary nitrogens is 1. The molecule has 1 aliphatic rings. The number of piperidine rings is 1. The van der Waals surface area contributed by atoms with E-state index in [2.05, 4.69) is 47.4 Å². The smallest absolute Gasteiger partial charge is 0.306 e. The van der Waals surface area contributed by atoms with Gasteiger partial charge in [0, 0.05) is 18.6 Å². The minimum atomic E-state index is -0.115. The van der Waals surface area contributed by atoms with Gasteiger partial charge in [-0.3, -0.25) is 4.79 Å². The van der Waals surface area contributed by atoms with Gasteiger partial charge >= 0.3 is 5.97 Å². The molecule has 4 heteroatoms. The highest BCUT2D eigenvalue weighted by Crippen LogP contribution is 2.25. The summed E-state index contributed by atoms with van der Waals surface area (Å²) in [5, 5.41) is 0. The SMILES string of the molecule is C[NH+]1C(C)(C)CC(OC(=O)CCS)CC1(C)C. The highest BCUT2D eigenvalue weighted by Gasteiger charge is 2.48. The fraction of sp³-hybridized carbons (Fsp3) is 0.923. The molecule has 17 heavy (non-hydrogen) atoms. The fourth-order valence-electron chi connectivity index (χ4n) is 2.85. The molecule has 0 aliphatic carbocycles. The number of thiol groups is 1. The minimum absolute atomic E-state index is 0.0519. The van der Waals surface area contributed by atoms with Gasteiger partial charge in [-0.15, -0.1) is 0 Å². The summed E-state index contributed by atoms with van der Waals surface area (Å²) in [4.78, 5) is 13.0. The third kappa shape index (κ3) is 3.62. The Hall–Kier alpha value is -0.220. The molecule has 0 radical (unpaired) electrons. The molecule has 0 aromatic heterocycles. The fourth-order valence-corrected chi connectivity index (χ4v) is 3.03. The van der Waals surface area contributed by atoms with Crippen molar-refractivity contribution in [3.63, 3.8) is 0 Å². The normalized spacial score (nSPS) is 30.9. The van der Waals surface area contributed by atoms with E-state index in [1.165, 1.54) is 4.90 Å². The Labute approximate surface area is 110 Å². The molecule has 1 heterocycles. The quantitative estimate of drug-likeness (QED) is 0.588. The molecule has 0 saturated carbocycles. The lowest BCUT2D eigenvalue weighted by Gasteiger charge is -2.49. The van der Waals surface area contributed by atoms with Gasteiger partial charge < -0.3 is 9.64 Å². The standard InChI is InChI=1S/C13H25NO2S/c1-12(2)8-10(16-11(15)6-7-17)9-13(3,4)14(12)5/h10,17H,6-9H2,1-5H3/p+1. The molecule has 0 unspecified atom stereocenters. The number of hydrogen-bond donors (Lipinski definition) is 2. The van der Waals surface area contributed by atoms with Crippen LogP contribution in [0.1, 0.15) is 47.0 Å². The summed E-state index contributed by atoms with van der Waals surface area (Å²) in [6, 6.07) is 0. The van der Waals surface area contributed by atoms with Crippen LogP contribution in [0.4, 0.5) is 0 Å². The minimum Gasteiger partial charge on any atom is -0.462 e. The van der Waals surface area contributed by atoms with E-state index in [-0.39, 0.29) is 23.2 Å². The summed E-state index contributed by atoms with van der Waals surface area (Å²) in [6.07, 6.45) is 2.32. The van der Waals surface area contributed by atoms with Gasteiger partial charge in [-0.25, -0.2) is 0 Å². The molecule has 0 aromatic carbocycles. The molecule has 0 spiro atoms. The Bertz CT molecular complexity index is 271. The average Bonchev–Trinajstić information content (AvgIpc) is 2.13. The van der Waals surface area contributed by atoms with E-state index in [0.29, 0.717) is 12.2 Å². The molecule has 0 aromatic rings. The second-order valence-corrected chi connectivity index (χ2v) is 6.83. The highest BCUT2D eigenvalue weighted by molar-refractivity contribution is 7.80. The third-order valence-electron chi connectivity index (χ3n) is 4.12. The van der Waals surface area contributed by atoms with Crippen LogP contribution in [0.25, 0.3) is 0 Å². The molecule has 1 rings (SSSR count). The Balaban J connectivity index is 2.68. The van der Waals surface area contributed by atoms with Crippen LogP contribution in [0.3, 0.4) is 0 Å². The maximum atomic E-state index is 11.5. The first-order valence-electron chi connectivity index (χ1n) is 6.34. The largest absolute Gasteiger partial charge is 0.462 e. The molecule has 0 bridgehead atoms. The molecular weight excluding hydrogens is 234 g/mol. The van der Waals surface area contributed by atoms with Crippen molar-refractivity contribution in [2.75, 3.05) is 12.8 Å². The second kappa shape index (κ2) is 5.19. The number of nitrogens with one attached hydrogen (secondary N) is 1. The van der Waals surface area contributed by atoms with E-state index in [1.54, 1.807) is 0 Å². The van der Waals surface area contributed by atoms with Gasteiger partial charge in [0.1, 0.15) is 6.10 Å². The van der Waals surface area contributed by atoms with Crippen molar-refractivity contribution in [1.82, 2.24) is 0 Å². The predicted octanol–water partition coefficient (Wildman–Crippen LogP) is 1.08. The molecule has 1 fully saturated rings. The van der Waals surface area contributed by atoms with Crippen molar-refractivity contribution in [1.29, 1.82) is 0 Å². The van der Waals surface area contributed by atoms with Gasteiger partial charge in [-0.2, -0.15) is 12.6 Å². The zero-order valence-electron chi connectivity index (χ0n) is 11.7. The van der Waals surface area contributed by atoms with Crippen LogP contribution < -0.4 is 4.90 Å². The number of carbonyl (C=O) groups is 1. The number of likely N-dealkylation sites (tertiary alicyclic amines) is 1. The molecular formula is C13H26NO2S+. The van der Waals surface area contributed by atoms with Crippen molar-refractivity contribution < 1.29 is 14.4 Å². The molecule has 1 saturated heterocycles. The Kier molecular flexibility index (Phi) is 4.53. The third-order valence-corrected chi connectivity index (χ3v) is 4.34. The van der Waals surface area contributed by atoms with Crippen LogP contribution in [0, 0.1) is 0 Å². The summed E-state index contributed by atoms with van der Waals surface area (Å²) in [5.41, 5.74) is 0.293. The molecule has 0 atom stereocenters. The molecule has 1 N–H and O–H groups in total. The number of hydrogen-bond acceptors (Lipinski definition) is 3. The Morgan fingerprint density at radius 2 is 1.76 bits per heavy atom. The topological polar surface area (TPSA) is 30.7 Å². The lowest BCUT2D eigenvalue weighted by molar-refractivity contribution is -0.983. The van der Waals surface area contributed by atoms with Crippen molar-refractivity contribution in [2.24, 2.45) is 0 Å². The second-order valence-electron chi connectivity index (χ2n) is 6.39. The van der Waals surface area contributed by atoms with Crippen molar-refractivity contribution in [3.8, 4) is 0 Å². The number of ether oxygens (including phenoxy) is 1. The zero-order valence-corrected chi connectivity index (χ0v) is 12.6. The zero-order chi connectivity index (χ0) is 13.3. The van der Waals surface area contributed by atoms with Crippen LogP contribution in [-0.4, -0.2) is 36.0 Å². The number of esters is 1. The molecule has 100 valence electrons. The van der Waals surface area contributed by atoms with Crippen LogP contribution in [-0.2, 0) is 9.53 Å². The lowest BCUT2D eigenvalue weighted by atomic mass is 9.79. The monoisotopic (exact) mass is 260 g/mol. The van der Waals surface area contributed by atoms with Crippen LogP contribution in [0.15, 0.2) is 0 Å². The number of rotatable bonds is 3. The molecule has 3 nitrogen and oxygen atoms in total. The predicted molar refractivity (Wildman–Crippen MR) is 72.6 cm³/mol. The summed E-state index contributed by atoms with van der Waals surface area (Å²) in [7, 11) is 2.23. The van der Waals surface area contributed by atoms with Crippen LogP contribution in [0.5, 0.6) is 0 Å². The maximum absolute atomic E-state index is 11.5. The first kappa shape index (κ1) is 14.8. The molecule has 0 amide bonds. The first-order chi connectivity index (χ1) is 7.69. The summed E-state index contributed by atoms with van der Waals surface area (Å²) >= 11 is 4.06. The van der Waals surface area contributed by atoms with Gasteiger partial charge in [-0.1, -0.05) is 0 Å². The van der Waals surface area contributed by atoms with E-state index in [4.69, 9.17) is 4.74 Å². The van der Waals surface area contributed by atoms with Gasteiger partial charge in [0.2, 0.25) is 0 Å². The van der Waals surface area contributed by atoms with E-state index in [0.717, 1.165) is 12.8 Å². The van der Waals surface area contributed by atoms with E-state index in [9.17, 15) is 4.79 Å². The van der Waals surface area contributed by atoms with Gasteiger partial charge in [0.25, 0.3) is 0 Å². The Morgan fingerprint density at radius 1 is 1.29 bits per heavy atom. The first-order valence-corrected chi connectivity index (χ1v) is 6.97. The Morgan fingerprint density at radius 3 is 2.18 bits per heavy atom.